The third-order valence-electron chi connectivity index (χ3n) is 7.29. The highest BCUT2D eigenvalue weighted by molar-refractivity contribution is 5.92. The number of nitrogens with zero attached hydrogens (tertiary/aromatic N) is 2. The van der Waals surface area contributed by atoms with E-state index in [1.165, 1.54) is 22.0 Å². The van der Waals surface area contributed by atoms with Crippen LogP contribution in [0.25, 0.3) is 16.6 Å². The first-order chi connectivity index (χ1) is 17.5. The molecule has 5 rings (SSSR count). The fourth-order valence-corrected chi connectivity index (χ4v) is 5.18. The van der Waals surface area contributed by atoms with Gasteiger partial charge in [-0.2, -0.15) is 0 Å². The summed E-state index contributed by atoms with van der Waals surface area (Å²) >= 11 is 0. The first kappa shape index (κ1) is 24.1. The number of aromatic nitrogens is 1. The maximum absolute atomic E-state index is 12.1. The average Bonchev–Trinajstić information content (AvgIpc) is 3.34. The molecule has 1 amide bonds. The van der Waals surface area contributed by atoms with Gasteiger partial charge in [0.1, 0.15) is 5.75 Å². The molecular formula is C31H35N3O2. The Labute approximate surface area is 213 Å². The van der Waals surface area contributed by atoms with E-state index in [4.69, 9.17) is 4.74 Å². The molecule has 0 aliphatic carbocycles. The number of benzene rings is 3. The van der Waals surface area contributed by atoms with Gasteiger partial charge in [-0.1, -0.05) is 44.2 Å². The van der Waals surface area contributed by atoms with Crippen LogP contribution in [0, 0.1) is 5.92 Å². The molecule has 4 aromatic rings. The number of nitrogens with one attached hydrogen (secondary N) is 1. The van der Waals surface area contributed by atoms with Crippen LogP contribution in [0.5, 0.6) is 5.75 Å². The summed E-state index contributed by atoms with van der Waals surface area (Å²) in [4.78, 5) is 14.7. The summed E-state index contributed by atoms with van der Waals surface area (Å²) in [7, 11) is 1.70. The van der Waals surface area contributed by atoms with Crippen LogP contribution in [0.1, 0.15) is 43.7 Å². The van der Waals surface area contributed by atoms with Crippen molar-refractivity contribution in [1.82, 2.24) is 9.47 Å². The Balaban J connectivity index is 1.26. The molecule has 36 heavy (non-hydrogen) atoms. The van der Waals surface area contributed by atoms with Gasteiger partial charge in [-0.3, -0.25) is 9.69 Å². The number of carbonyl (C=O) groups is 1. The van der Waals surface area contributed by atoms with Crippen molar-refractivity contribution in [3.63, 3.8) is 0 Å². The Hall–Kier alpha value is -3.57. The fraction of sp³-hybridized carbons (Fsp3) is 0.323. The lowest BCUT2D eigenvalue weighted by Gasteiger charge is -2.32. The molecule has 0 spiro atoms. The van der Waals surface area contributed by atoms with Gasteiger partial charge in [-0.25, -0.2) is 0 Å². The van der Waals surface area contributed by atoms with Crippen molar-refractivity contribution < 1.29 is 9.53 Å². The highest BCUT2D eigenvalue weighted by atomic mass is 16.5. The molecule has 0 saturated carbocycles. The van der Waals surface area contributed by atoms with Crippen LogP contribution in [0.4, 0.5) is 5.69 Å². The number of hydrogen-bond acceptors (Lipinski definition) is 3. The van der Waals surface area contributed by atoms with Crippen molar-refractivity contribution >= 4 is 22.5 Å². The maximum Gasteiger partial charge on any atom is 0.226 e. The largest absolute Gasteiger partial charge is 0.497 e. The number of hydrogen-bond donors (Lipinski definition) is 1. The second-order valence-corrected chi connectivity index (χ2v) is 10.1. The van der Waals surface area contributed by atoms with Crippen LogP contribution >= 0.6 is 0 Å². The van der Waals surface area contributed by atoms with Crippen molar-refractivity contribution in [2.75, 3.05) is 25.5 Å². The third-order valence-corrected chi connectivity index (χ3v) is 7.29. The smallest absolute Gasteiger partial charge is 0.226 e. The Bertz CT molecular complexity index is 1350. The number of anilines is 1. The number of amides is 1. The number of carbonyl (C=O) groups excluding carboxylic acids is 1. The van der Waals surface area contributed by atoms with E-state index in [0.717, 1.165) is 49.6 Å². The first-order valence-electron chi connectivity index (χ1n) is 12.9. The lowest BCUT2D eigenvalue weighted by atomic mass is 9.89. The minimum absolute atomic E-state index is 0.0197. The zero-order chi connectivity index (χ0) is 25.1. The number of methoxy groups -OCH3 is 1. The first-order valence-corrected chi connectivity index (χ1v) is 12.9. The van der Waals surface area contributed by atoms with Gasteiger partial charge in [0.05, 0.1) is 12.6 Å². The molecule has 5 nitrogen and oxygen atoms in total. The summed E-state index contributed by atoms with van der Waals surface area (Å²) in [5.41, 5.74) is 5.92. The topological polar surface area (TPSA) is 46.5 Å². The minimum atomic E-state index is -0.0197. The zero-order valence-electron chi connectivity index (χ0n) is 21.4. The van der Waals surface area contributed by atoms with Crippen molar-refractivity contribution in [2.24, 2.45) is 5.92 Å². The Morgan fingerprint density at radius 3 is 2.56 bits per heavy atom. The van der Waals surface area contributed by atoms with E-state index in [1.807, 2.05) is 32.0 Å². The molecule has 1 aliphatic heterocycles. The molecule has 1 aromatic heterocycles. The molecule has 186 valence electrons. The Morgan fingerprint density at radius 2 is 1.78 bits per heavy atom. The number of rotatable bonds is 7. The predicted octanol–water partition coefficient (Wildman–Crippen LogP) is 6.61. The molecule has 3 aromatic carbocycles. The van der Waals surface area contributed by atoms with Crippen molar-refractivity contribution in [1.29, 1.82) is 0 Å². The summed E-state index contributed by atoms with van der Waals surface area (Å²) in [6.45, 7) is 6.93. The van der Waals surface area contributed by atoms with Crippen molar-refractivity contribution in [3.05, 3.63) is 90.1 Å². The summed E-state index contributed by atoms with van der Waals surface area (Å²) < 4.78 is 7.66. The number of likely N-dealkylation sites (tertiary alicyclic amines) is 1. The third kappa shape index (κ3) is 5.17. The standard InChI is InChI=1S/C31H35N3O2/c1-22(2)31(35)32-26-9-4-7-24(19-26)23-13-16-33(17-14-23)21-25-8-5-12-30-29(25)15-18-34(30)27-10-6-11-28(20-27)36-3/h4-12,15,18-20,22-23H,13-14,16-17,21H2,1-3H3,(H,32,35). The molecule has 1 N–H and O–H groups in total. The quantitative estimate of drug-likeness (QED) is 0.323. The maximum atomic E-state index is 12.1. The van der Waals surface area contributed by atoms with E-state index in [2.05, 4.69) is 75.6 Å². The van der Waals surface area contributed by atoms with Gasteiger partial charge in [0.2, 0.25) is 5.91 Å². The van der Waals surface area contributed by atoms with E-state index in [-0.39, 0.29) is 11.8 Å². The molecule has 0 atom stereocenters. The van der Waals surface area contributed by atoms with Crippen molar-refractivity contribution in [2.45, 2.75) is 39.2 Å². The minimum Gasteiger partial charge on any atom is -0.497 e. The van der Waals surface area contributed by atoms with Crippen LogP contribution in [0.15, 0.2) is 79.0 Å². The van der Waals surface area contributed by atoms with E-state index in [1.54, 1.807) is 7.11 Å². The SMILES string of the molecule is COc1cccc(-n2ccc3c(CN4CCC(c5cccc(NC(=O)C(C)C)c5)CC4)cccc32)c1. The van der Waals surface area contributed by atoms with Crippen LogP contribution in [-0.4, -0.2) is 35.6 Å². The molecule has 1 aliphatic rings. The predicted molar refractivity (Wildman–Crippen MR) is 147 cm³/mol. The molecule has 1 saturated heterocycles. The highest BCUT2D eigenvalue weighted by Gasteiger charge is 2.22. The summed E-state index contributed by atoms with van der Waals surface area (Å²) in [6.07, 6.45) is 4.41. The zero-order valence-corrected chi connectivity index (χ0v) is 21.4. The molecule has 2 heterocycles. The number of ether oxygens (including phenoxy) is 1. The van der Waals surface area contributed by atoms with E-state index < -0.39 is 0 Å². The Kier molecular flexibility index (Phi) is 7.10. The number of piperidine rings is 1. The van der Waals surface area contributed by atoms with Gasteiger partial charge in [0, 0.05) is 41.5 Å². The van der Waals surface area contributed by atoms with Gasteiger partial charge in [-0.15, -0.1) is 0 Å². The second-order valence-electron chi connectivity index (χ2n) is 10.1. The summed E-state index contributed by atoms with van der Waals surface area (Å²) in [5, 5.41) is 4.34. The molecule has 0 radical (unpaired) electrons. The van der Waals surface area contributed by atoms with E-state index in [0.29, 0.717) is 5.92 Å². The normalized spacial score (nSPS) is 14.9. The fourth-order valence-electron chi connectivity index (χ4n) is 5.18. The second kappa shape index (κ2) is 10.6. The van der Waals surface area contributed by atoms with Crippen LogP contribution < -0.4 is 10.1 Å². The highest BCUT2D eigenvalue weighted by Crippen LogP contribution is 2.32. The molecular weight excluding hydrogens is 446 g/mol. The number of fused-ring (bicyclic) bond motifs is 1. The summed E-state index contributed by atoms with van der Waals surface area (Å²) in [6, 6.07) is 25.4. The molecule has 0 bridgehead atoms. The average molecular weight is 482 g/mol. The molecule has 5 heteroatoms. The van der Waals surface area contributed by atoms with Crippen LogP contribution in [0.3, 0.4) is 0 Å². The van der Waals surface area contributed by atoms with Crippen LogP contribution in [-0.2, 0) is 11.3 Å². The van der Waals surface area contributed by atoms with E-state index >= 15 is 0 Å². The van der Waals surface area contributed by atoms with Gasteiger partial charge in [0.25, 0.3) is 0 Å². The monoisotopic (exact) mass is 481 g/mol. The molecule has 0 unspecified atom stereocenters. The van der Waals surface area contributed by atoms with Crippen LogP contribution in [0.2, 0.25) is 0 Å². The van der Waals surface area contributed by atoms with Gasteiger partial charge in [0.15, 0.2) is 0 Å². The summed E-state index contributed by atoms with van der Waals surface area (Å²) in [5.74, 6) is 1.44. The van der Waals surface area contributed by atoms with Gasteiger partial charge >= 0.3 is 0 Å². The van der Waals surface area contributed by atoms with Gasteiger partial charge in [-0.05, 0) is 79.4 Å². The van der Waals surface area contributed by atoms with Gasteiger partial charge < -0.3 is 14.6 Å². The van der Waals surface area contributed by atoms with Crippen molar-refractivity contribution in [3.8, 4) is 11.4 Å². The van der Waals surface area contributed by atoms with E-state index in [9.17, 15) is 4.79 Å². The molecule has 1 fully saturated rings. The Morgan fingerprint density at radius 1 is 1.00 bits per heavy atom. The lowest BCUT2D eigenvalue weighted by Crippen LogP contribution is -2.32. The lowest BCUT2D eigenvalue weighted by molar-refractivity contribution is -0.118.